The van der Waals surface area contributed by atoms with Crippen molar-refractivity contribution in [2.24, 2.45) is 0 Å². The molecule has 1 atom stereocenters. The van der Waals surface area contributed by atoms with Crippen molar-refractivity contribution in [1.82, 2.24) is 14.5 Å². The van der Waals surface area contributed by atoms with E-state index in [4.69, 9.17) is 0 Å². The Labute approximate surface area is 133 Å². The van der Waals surface area contributed by atoms with Crippen LogP contribution in [0, 0.1) is 0 Å². The zero-order valence-corrected chi connectivity index (χ0v) is 14.4. The Morgan fingerprint density at radius 2 is 1.90 bits per heavy atom. The first-order valence-electron chi connectivity index (χ1n) is 7.43. The SMILES string of the molecule is CCS(=O)(=O)N(C)C1CCN(C(=O)C2CCCN2)CC1.Cl. The number of halogens is 1. The summed E-state index contributed by atoms with van der Waals surface area (Å²) in [5.74, 6) is 0.316. The van der Waals surface area contributed by atoms with Gasteiger partial charge in [-0.2, -0.15) is 0 Å². The Bertz CT molecular complexity index is 444. The molecule has 0 radical (unpaired) electrons. The summed E-state index contributed by atoms with van der Waals surface area (Å²) in [5, 5.41) is 3.22. The van der Waals surface area contributed by atoms with Crippen LogP contribution in [0.5, 0.6) is 0 Å². The van der Waals surface area contributed by atoms with Gasteiger partial charge in [-0.05, 0) is 39.2 Å². The third-order valence-corrected chi connectivity index (χ3v) is 6.36. The normalized spacial score (nSPS) is 24.1. The second kappa shape index (κ2) is 7.76. The van der Waals surface area contributed by atoms with Crippen molar-refractivity contribution in [3.63, 3.8) is 0 Å². The largest absolute Gasteiger partial charge is 0.341 e. The lowest BCUT2D eigenvalue weighted by Gasteiger charge is -2.37. The minimum Gasteiger partial charge on any atom is -0.341 e. The van der Waals surface area contributed by atoms with E-state index in [9.17, 15) is 13.2 Å². The number of likely N-dealkylation sites (tertiary alicyclic amines) is 1. The summed E-state index contributed by atoms with van der Waals surface area (Å²) >= 11 is 0. The van der Waals surface area contributed by atoms with Crippen LogP contribution in [0.1, 0.15) is 32.6 Å². The first-order valence-corrected chi connectivity index (χ1v) is 9.04. The quantitative estimate of drug-likeness (QED) is 0.806. The Kier molecular flexibility index (Phi) is 6.90. The fraction of sp³-hybridized carbons (Fsp3) is 0.923. The predicted octanol–water partition coefficient (Wildman–Crippen LogP) is 0.433. The number of carbonyl (C=O) groups is 1. The van der Waals surface area contributed by atoms with Crippen LogP contribution in [-0.2, 0) is 14.8 Å². The van der Waals surface area contributed by atoms with Crippen molar-refractivity contribution >= 4 is 28.3 Å². The molecule has 124 valence electrons. The van der Waals surface area contributed by atoms with E-state index in [1.807, 2.05) is 4.90 Å². The molecule has 2 heterocycles. The number of rotatable bonds is 4. The second-order valence-corrected chi connectivity index (χ2v) is 7.94. The van der Waals surface area contributed by atoms with Gasteiger partial charge in [-0.3, -0.25) is 4.79 Å². The minimum absolute atomic E-state index is 0. The van der Waals surface area contributed by atoms with Gasteiger partial charge in [0.15, 0.2) is 0 Å². The Hall–Kier alpha value is -0.370. The maximum atomic E-state index is 12.3. The average molecular weight is 340 g/mol. The number of hydrogen-bond donors (Lipinski definition) is 1. The summed E-state index contributed by atoms with van der Waals surface area (Å²) in [5.41, 5.74) is 0. The third kappa shape index (κ3) is 4.31. The predicted molar refractivity (Wildman–Crippen MR) is 85.1 cm³/mol. The first kappa shape index (κ1) is 18.7. The number of amides is 1. The summed E-state index contributed by atoms with van der Waals surface area (Å²) in [6, 6.07) is 0.00388. The van der Waals surface area contributed by atoms with Crippen molar-refractivity contribution in [3.05, 3.63) is 0 Å². The number of hydrogen-bond acceptors (Lipinski definition) is 4. The zero-order valence-electron chi connectivity index (χ0n) is 12.7. The molecular formula is C13H26ClN3O3S. The molecule has 6 nitrogen and oxygen atoms in total. The van der Waals surface area contributed by atoms with E-state index in [2.05, 4.69) is 5.32 Å². The van der Waals surface area contributed by atoms with Crippen molar-refractivity contribution in [3.8, 4) is 0 Å². The van der Waals surface area contributed by atoms with Gasteiger partial charge in [0.25, 0.3) is 0 Å². The second-order valence-electron chi connectivity index (χ2n) is 5.62. The highest BCUT2D eigenvalue weighted by Crippen LogP contribution is 2.20. The molecule has 0 aromatic heterocycles. The van der Waals surface area contributed by atoms with Crippen LogP contribution >= 0.6 is 12.4 Å². The highest BCUT2D eigenvalue weighted by atomic mass is 35.5. The lowest BCUT2D eigenvalue weighted by Crippen LogP contribution is -2.51. The highest BCUT2D eigenvalue weighted by molar-refractivity contribution is 7.89. The summed E-state index contributed by atoms with van der Waals surface area (Å²) in [6.45, 7) is 3.90. The molecule has 8 heteroatoms. The van der Waals surface area contributed by atoms with Gasteiger partial charge in [-0.15, -0.1) is 12.4 Å². The molecule has 2 aliphatic heterocycles. The standard InChI is InChI=1S/C13H25N3O3S.ClH/c1-3-20(18,19)15(2)11-6-9-16(10-7-11)13(17)12-5-4-8-14-12;/h11-12,14H,3-10H2,1-2H3;1H. The third-order valence-electron chi connectivity index (χ3n) is 4.45. The zero-order chi connectivity index (χ0) is 14.8. The van der Waals surface area contributed by atoms with E-state index >= 15 is 0 Å². The molecule has 0 aromatic rings. The van der Waals surface area contributed by atoms with E-state index in [1.165, 1.54) is 4.31 Å². The van der Waals surface area contributed by atoms with Crippen LogP contribution in [0.3, 0.4) is 0 Å². The molecule has 1 unspecified atom stereocenters. The van der Waals surface area contributed by atoms with Crippen LogP contribution in [0.4, 0.5) is 0 Å². The lowest BCUT2D eigenvalue weighted by atomic mass is 10.0. The Morgan fingerprint density at radius 1 is 1.29 bits per heavy atom. The highest BCUT2D eigenvalue weighted by Gasteiger charge is 2.33. The van der Waals surface area contributed by atoms with Crippen molar-refractivity contribution in [1.29, 1.82) is 0 Å². The molecule has 1 N–H and O–H groups in total. The molecule has 2 fully saturated rings. The molecule has 0 aromatic carbocycles. The van der Waals surface area contributed by atoms with E-state index in [1.54, 1.807) is 14.0 Å². The number of piperidine rings is 1. The molecule has 2 aliphatic rings. The molecule has 0 aliphatic carbocycles. The van der Waals surface area contributed by atoms with Gasteiger partial charge in [0.1, 0.15) is 0 Å². The monoisotopic (exact) mass is 339 g/mol. The van der Waals surface area contributed by atoms with Crippen LogP contribution in [0.15, 0.2) is 0 Å². The number of nitrogens with zero attached hydrogens (tertiary/aromatic N) is 2. The van der Waals surface area contributed by atoms with Gasteiger partial charge < -0.3 is 10.2 Å². The molecule has 0 spiro atoms. The molecule has 2 saturated heterocycles. The molecule has 0 bridgehead atoms. The molecular weight excluding hydrogens is 314 g/mol. The smallest absolute Gasteiger partial charge is 0.239 e. The van der Waals surface area contributed by atoms with Gasteiger partial charge in [0.05, 0.1) is 11.8 Å². The van der Waals surface area contributed by atoms with E-state index in [0.29, 0.717) is 13.1 Å². The van der Waals surface area contributed by atoms with Gasteiger partial charge in [-0.1, -0.05) is 0 Å². The molecule has 21 heavy (non-hydrogen) atoms. The van der Waals surface area contributed by atoms with E-state index in [-0.39, 0.29) is 36.2 Å². The number of sulfonamides is 1. The fourth-order valence-electron chi connectivity index (χ4n) is 3.00. The van der Waals surface area contributed by atoms with Crippen LogP contribution in [0.25, 0.3) is 0 Å². The Morgan fingerprint density at radius 3 is 2.38 bits per heavy atom. The summed E-state index contributed by atoms with van der Waals surface area (Å²) < 4.78 is 25.2. The van der Waals surface area contributed by atoms with Crippen molar-refractivity contribution in [2.75, 3.05) is 32.4 Å². The Balaban J connectivity index is 0.00000220. The van der Waals surface area contributed by atoms with Crippen LogP contribution in [-0.4, -0.2) is 68.0 Å². The topological polar surface area (TPSA) is 69.7 Å². The molecule has 2 rings (SSSR count). The van der Waals surface area contributed by atoms with Crippen LogP contribution < -0.4 is 5.32 Å². The summed E-state index contributed by atoms with van der Waals surface area (Å²) in [7, 11) is -1.48. The number of carbonyl (C=O) groups excluding carboxylic acids is 1. The maximum absolute atomic E-state index is 12.3. The lowest BCUT2D eigenvalue weighted by molar-refractivity contribution is -0.134. The van der Waals surface area contributed by atoms with Gasteiger partial charge in [-0.25, -0.2) is 12.7 Å². The van der Waals surface area contributed by atoms with Gasteiger partial charge in [0, 0.05) is 26.2 Å². The van der Waals surface area contributed by atoms with Crippen molar-refractivity contribution < 1.29 is 13.2 Å². The average Bonchev–Trinajstić information content (AvgIpc) is 3.00. The van der Waals surface area contributed by atoms with Gasteiger partial charge >= 0.3 is 0 Å². The fourth-order valence-corrected chi connectivity index (χ4v) is 4.07. The summed E-state index contributed by atoms with van der Waals surface area (Å²) in [4.78, 5) is 14.1. The maximum Gasteiger partial charge on any atom is 0.239 e. The van der Waals surface area contributed by atoms with Crippen LogP contribution in [0.2, 0.25) is 0 Å². The van der Waals surface area contributed by atoms with E-state index in [0.717, 1.165) is 32.2 Å². The first-order chi connectivity index (χ1) is 9.45. The summed E-state index contributed by atoms with van der Waals surface area (Å²) in [6.07, 6.45) is 3.44. The van der Waals surface area contributed by atoms with Gasteiger partial charge in [0.2, 0.25) is 15.9 Å². The minimum atomic E-state index is -3.13. The molecule has 0 saturated carbocycles. The number of nitrogens with one attached hydrogen (secondary N) is 1. The molecule has 1 amide bonds. The van der Waals surface area contributed by atoms with Crippen molar-refractivity contribution in [2.45, 2.75) is 44.7 Å². The van der Waals surface area contributed by atoms with E-state index < -0.39 is 10.0 Å².